The van der Waals surface area contributed by atoms with Crippen LogP contribution in [0.15, 0.2) is 66.9 Å². The van der Waals surface area contributed by atoms with E-state index in [4.69, 9.17) is 4.74 Å². The minimum absolute atomic E-state index is 0.0389. The molecule has 6 nitrogen and oxygen atoms in total. The number of carbonyl (C=O) groups excluding carboxylic acids is 2. The standard InChI is InChI=1S/C28H33N3O3/c1-20(2)18-30(28(33)22-13-11-21(3)12-14-22)19-26(32)31-17-16-29-15-7-9-24(29)27(31)23-8-5-6-10-25(23)34-4/h5-15,20,27H,16-19H2,1-4H3. The second kappa shape index (κ2) is 10.2. The molecule has 0 saturated heterocycles. The fourth-order valence-corrected chi connectivity index (χ4v) is 4.66. The summed E-state index contributed by atoms with van der Waals surface area (Å²) in [7, 11) is 1.65. The number of aromatic nitrogens is 1. The van der Waals surface area contributed by atoms with E-state index in [0.717, 1.165) is 29.1 Å². The van der Waals surface area contributed by atoms with Crippen molar-refractivity contribution in [2.75, 3.05) is 26.7 Å². The van der Waals surface area contributed by atoms with Crippen LogP contribution in [0.5, 0.6) is 5.75 Å². The largest absolute Gasteiger partial charge is 0.496 e. The molecule has 2 amide bonds. The molecule has 178 valence electrons. The first kappa shape index (κ1) is 23.6. The highest BCUT2D eigenvalue weighted by Gasteiger charge is 2.35. The van der Waals surface area contributed by atoms with E-state index in [1.165, 1.54) is 0 Å². The predicted octanol–water partition coefficient (Wildman–Crippen LogP) is 4.54. The number of fused-ring (bicyclic) bond motifs is 1. The fraction of sp³-hybridized carbons (Fsp3) is 0.357. The molecule has 2 aromatic carbocycles. The maximum atomic E-state index is 13.8. The Hall–Kier alpha value is -3.54. The number of nitrogens with zero attached hydrogens (tertiary/aromatic N) is 3. The Morgan fingerprint density at radius 2 is 1.76 bits per heavy atom. The van der Waals surface area contributed by atoms with Crippen molar-refractivity contribution in [3.8, 4) is 5.75 Å². The molecule has 0 fully saturated rings. The van der Waals surface area contributed by atoms with Crippen LogP contribution in [0.3, 0.4) is 0 Å². The van der Waals surface area contributed by atoms with Crippen LogP contribution >= 0.6 is 0 Å². The zero-order valence-electron chi connectivity index (χ0n) is 20.4. The molecule has 6 heteroatoms. The molecular formula is C28H33N3O3. The van der Waals surface area contributed by atoms with Crippen molar-refractivity contribution in [1.29, 1.82) is 0 Å². The highest BCUT2D eigenvalue weighted by molar-refractivity contribution is 5.96. The lowest BCUT2D eigenvalue weighted by Crippen LogP contribution is -2.48. The second-order valence-corrected chi connectivity index (χ2v) is 9.30. The fourth-order valence-electron chi connectivity index (χ4n) is 4.66. The van der Waals surface area contributed by atoms with E-state index in [9.17, 15) is 9.59 Å². The van der Waals surface area contributed by atoms with Gasteiger partial charge in [0.15, 0.2) is 0 Å². The summed E-state index contributed by atoms with van der Waals surface area (Å²) in [5, 5.41) is 0. The maximum absolute atomic E-state index is 13.8. The van der Waals surface area contributed by atoms with Gasteiger partial charge in [0.2, 0.25) is 5.91 Å². The lowest BCUT2D eigenvalue weighted by molar-refractivity contribution is -0.134. The van der Waals surface area contributed by atoms with Crippen LogP contribution in [0.1, 0.15) is 47.1 Å². The molecule has 1 aliphatic rings. The van der Waals surface area contributed by atoms with E-state index in [2.05, 4.69) is 24.5 Å². The van der Waals surface area contributed by atoms with Crippen LogP contribution < -0.4 is 4.74 Å². The molecule has 1 aromatic heterocycles. The van der Waals surface area contributed by atoms with Crippen LogP contribution in [0.2, 0.25) is 0 Å². The Labute approximate surface area is 201 Å². The lowest BCUT2D eigenvalue weighted by atomic mass is 9.98. The first-order valence-corrected chi connectivity index (χ1v) is 11.8. The summed E-state index contributed by atoms with van der Waals surface area (Å²) in [4.78, 5) is 30.7. The van der Waals surface area contributed by atoms with E-state index >= 15 is 0 Å². The third kappa shape index (κ3) is 4.86. The molecular weight excluding hydrogens is 426 g/mol. The van der Waals surface area contributed by atoms with Crippen molar-refractivity contribution in [2.24, 2.45) is 5.92 Å². The first-order chi connectivity index (χ1) is 16.4. The Morgan fingerprint density at radius 3 is 2.47 bits per heavy atom. The molecule has 2 heterocycles. The normalized spacial score (nSPS) is 15.2. The number of rotatable bonds is 7. The number of ether oxygens (including phenoxy) is 1. The van der Waals surface area contributed by atoms with Crippen molar-refractivity contribution in [2.45, 2.75) is 33.4 Å². The number of hydrogen-bond acceptors (Lipinski definition) is 3. The molecule has 0 saturated carbocycles. The van der Waals surface area contributed by atoms with Gasteiger partial charge in [-0.1, -0.05) is 49.7 Å². The Balaban J connectivity index is 1.65. The third-order valence-electron chi connectivity index (χ3n) is 6.29. The van der Waals surface area contributed by atoms with Crippen molar-refractivity contribution in [3.63, 3.8) is 0 Å². The predicted molar refractivity (Wildman–Crippen MR) is 133 cm³/mol. The molecule has 1 aliphatic heterocycles. The zero-order valence-corrected chi connectivity index (χ0v) is 20.4. The van der Waals surface area contributed by atoms with Gasteiger partial charge in [-0.2, -0.15) is 0 Å². The number of methoxy groups -OCH3 is 1. The number of carbonyl (C=O) groups is 2. The van der Waals surface area contributed by atoms with Crippen LogP contribution in [-0.4, -0.2) is 52.9 Å². The Morgan fingerprint density at radius 1 is 1.03 bits per heavy atom. The van der Waals surface area contributed by atoms with E-state index in [1.807, 2.05) is 72.6 Å². The Bertz CT molecular complexity index is 1150. The van der Waals surface area contributed by atoms with E-state index < -0.39 is 0 Å². The van der Waals surface area contributed by atoms with E-state index in [0.29, 0.717) is 18.7 Å². The van der Waals surface area contributed by atoms with Gasteiger partial charge in [-0.05, 0) is 43.2 Å². The number of benzene rings is 2. The minimum Gasteiger partial charge on any atom is -0.496 e. The summed E-state index contributed by atoms with van der Waals surface area (Å²) in [6, 6.07) is 19.1. The quantitative estimate of drug-likeness (QED) is 0.521. The second-order valence-electron chi connectivity index (χ2n) is 9.30. The molecule has 0 N–H and O–H groups in total. The number of aryl methyl sites for hydroxylation is 1. The molecule has 1 unspecified atom stereocenters. The minimum atomic E-state index is -0.275. The zero-order chi connectivity index (χ0) is 24.2. The van der Waals surface area contributed by atoms with Crippen molar-refractivity contribution < 1.29 is 14.3 Å². The van der Waals surface area contributed by atoms with Crippen molar-refractivity contribution in [1.82, 2.24) is 14.4 Å². The van der Waals surface area contributed by atoms with Crippen LogP contribution in [0.4, 0.5) is 0 Å². The van der Waals surface area contributed by atoms with Crippen LogP contribution in [-0.2, 0) is 11.3 Å². The SMILES string of the molecule is COc1ccccc1C1c2cccn2CCN1C(=O)CN(CC(C)C)C(=O)c1ccc(C)cc1. The summed E-state index contributed by atoms with van der Waals surface area (Å²) in [5.74, 6) is 0.807. The highest BCUT2D eigenvalue weighted by atomic mass is 16.5. The molecule has 34 heavy (non-hydrogen) atoms. The van der Waals surface area contributed by atoms with Gasteiger partial charge >= 0.3 is 0 Å². The summed E-state index contributed by atoms with van der Waals surface area (Å²) in [5.41, 5.74) is 3.69. The molecule has 0 bridgehead atoms. The molecule has 0 aliphatic carbocycles. The summed E-state index contributed by atoms with van der Waals surface area (Å²) in [6.07, 6.45) is 2.05. The van der Waals surface area contributed by atoms with E-state index in [1.54, 1.807) is 12.0 Å². The first-order valence-electron chi connectivity index (χ1n) is 11.8. The summed E-state index contributed by atoms with van der Waals surface area (Å²) >= 11 is 0. The van der Waals surface area contributed by atoms with Crippen molar-refractivity contribution in [3.05, 3.63) is 89.2 Å². The summed E-state index contributed by atoms with van der Waals surface area (Å²) < 4.78 is 7.83. The van der Waals surface area contributed by atoms with Gasteiger partial charge in [-0.15, -0.1) is 0 Å². The van der Waals surface area contributed by atoms with Crippen LogP contribution in [0.25, 0.3) is 0 Å². The van der Waals surface area contributed by atoms with Gasteiger partial charge in [0.05, 0.1) is 7.11 Å². The topological polar surface area (TPSA) is 54.8 Å². The summed E-state index contributed by atoms with van der Waals surface area (Å²) in [6.45, 7) is 7.96. The number of hydrogen-bond donors (Lipinski definition) is 0. The van der Waals surface area contributed by atoms with Gasteiger partial charge in [-0.3, -0.25) is 9.59 Å². The smallest absolute Gasteiger partial charge is 0.254 e. The number of amides is 2. The monoisotopic (exact) mass is 459 g/mol. The van der Waals surface area contributed by atoms with Gasteiger partial charge < -0.3 is 19.1 Å². The molecule has 4 rings (SSSR count). The average molecular weight is 460 g/mol. The maximum Gasteiger partial charge on any atom is 0.254 e. The molecule has 3 aromatic rings. The van der Waals surface area contributed by atoms with E-state index in [-0.39, 0.29) is 30.3 Å². The van der Waals surface area contributed by atoms with Gasteiger partial charge in [-0.25, -0.2) is 0 Å². The van der Waals surface area contributed by atoms with Crippen molar-refractivity contribution >= 4 is 11.8 Å². The highest BCUT2D eigenvalue weighted by Crippen LogP contribution is 2.37. The Kier molecular flexibility index (Phi) is 7.06. The lowest BCUT2D eigenvalue weighted by Gasteiger charge is -2.39. The van der Waals surface area contributed by atoms with Gasteiger partial charge in [0, 0.05) is 42.7 Å². The van der Waals surface area contributed by atoms with Gasteiger partial charge in [0.25, 0.3) is 5.91 Å². The molecule has 1 atom stereocenters. The van der Waals surface area contributed by atoms with Gasteiger partial charge in [0.1, 0.15) is 18.3 Å². The van der Waals surface area contributed by atoms with Crippen LogP contribution in [0, 0.1) is 12.8 Å². The third-order valence-corrected chi connectivity index (χ3v) is 6.29. The molecule has 0 spiro atoms. The number of para-hydroxylation sites is 1. The molecule has 0 radical (unpaired) electrons. The average Bonchev–Trinajstić information content (AvgIpc) is 3.31.